The van der Waals surface area contributed by atoms with Gasteiger partial charge in [0, 0.05) is 24.5 Å². The van der Waals surface area contributed by atoms with Gasteiger partial charge in [-0.1, -0.05) is 30.3 Å². The lowest BCUT2D eigenvalue weighted by atomic mass is 10.1. The molecule has 0 saturated heterocycles. The van der Waals surface area contributed by atoms with Gasteiger partial charge in [0.2, 0.25) is 0 Å². The minimum absolute atomic E-state index is 0.210. The quantitative estimate of drug-likeness (QED) is 0.670. The second kappa shape index (κ2) is 4.96. The molecular weight excluding hydrogens is 197 g/mol. The summed E-state index contributed by atoms with van der Waals surface area (Å²) in [4.78, 5) is 1.24. The Bertz CT molecular complexity index is 356. The Morgan fingerprint density at radius 2 is 2.36 bits per heavy atom. The maximum atomic E-state index is 12.9. The molecule has 0 spiro atoms. The van der Waals surface area contributed by atoms with Crippen LogP contribution in [0, 0.1) is 0 Å². The van der Waals surface area contributed by atoms with E-state index in [0.29, 0.717) is 0 Å². The SMILES string of the molecule is C=C/C(=C\C(F)=C/C)Cc1cn(C)s1. The van der Waals surface area contributed by atoms with Gasteiger partial charge in [-0.15, -0.1) is 0 Å². The average molecular weight is 211 g/mol. The van der Waals surface area contributed by atoms with Gasteiger partial charge in [0.25, 0.3) is 0 Å². The maximum absolute atomic E-state index is 12.9. The van der Waals surface area contributed by atoms with E-state index >= 15 is 0 Å². The number of hydrogen-bond acceptors (Lipinski definition) is 1. The fraction of sp³-hybridized carbons (Fsp3) is 0.273. The number of hydrogen-bond donors (Lipinski definition) is 0. The molecule has 1 aromatic rings. The Labute approximate surface area is 88.0 Å². The molecule has 3 heteroatoms. The summed E-state index contributed by atoms with van der Waals surface area (Å²) in [5.74, 6) is -0.210. The number of aromatic nitrogens is 1. The van der Waals surface area contributed by atoms with Gasteiger partial charge in [-0.3, -0.25) is 0 Å². The first-order valence-corrected chi connectivity index (χ1v) is 5.19. The van der Waals surface area contributed by atoms with Crippen molar-refractivity contribution < 1.29 is 4.39 Å². The van der Waals surface area contributed by atoms with Gasteiger partial charge in [-0.05, 0) is 18.6 Å². The van der Waals surface area contributed by atoms with Gasteiger partial charge in [0.15, 0.2) is 0 Å². The molecule has 0 N–H and O–H groups in total. The number of nitrogens with zero attached hydrogens (tertiary/aromatic N) is 1. The number of aryl methyl sites for hydroxylation is 1. The van der Waals surface area contributed by atoms with Crippen LogP contribution < -0.4 is 0 Å². The van der Waals surface area contributed by atoms with E-state index < -0.39 is 0 Å². The smallest absolute Gasteiger partial charge is 0.119 e. The van der Waals surface area contributed by atoms with E-state index in [1.165, 1.54) is 17.0 Å². The van der Waals surface area contributed by atoms with Crippen LogP contribution in [-0.4, -0.2) is 3.96 Å². The number of halogens is 1. The zero-order valence-electron chi connectivity index (χ0n) is 8.46. The van der Waals surface area contributed by atoms with Crippen LogP contribution in [0.4, 0.5) is 4.39 Å². The summed E-state index contributed by atoms with van der Waals surface area (Å²) < 4.78 is 14.9. The highest BCUT2D eigenvalue weighted by molar-refractivity contribution is 7.07. The fourth-order valence-corrected chi connectivity index (χ4v) is 1.94. The molecule has 0 aliphatic heterocycles. The van der Waals surface area contributed by atoms with E-state index in [4.69, 9.17) is 0 Å². The predicted molar refractivity (Wildman–Crippen MR) is 60.1 cm³/mol. The predicted octanol–water partition coefficient (Wildman–Crippen LogP) is 3.61. The van der Waals surface area contributed by atoms with Crippen molar-refractivity contribution in [1.29, 1.82) is 0 Å². The summed E-state index contributed by atoms with van der Waals surface area (Å²) in [5.41, 5.74) is 0.910. The van der Waals surface area contributed by atoms with Crippen LogP contribution >= 0.6 is 11.5 Å². The van der Waals surface area contributed by atoms with Crippen LogP contribution in [0.2, 0.25) is 0 Å². The van der Waals surface area contributed by atoms with E-state index in [1.807, 2.05) is 17.2 Å². The van der Waals surface area contributed by atoms with Gasteiger partial charge in [-0.2, -0.15) is 0 Å². The zero-order valence-corrected chi connectivity index (χ0v) is 9.27. The molecule has 0 atom stereocenters. The molecule has 14 heavy (non-hydrogen) atoms. The molecule has 0 bridgehead atoms. The highest BCUT2D eigenvalue weighted by atomic mass is 32.1. The largest absolute Gasteiger partial charge is 0.307 e. The van der Waals surface area contributed by atoms with Crippen LogP contribution in [-0.2, 0) is 13.5 Å². The summed E-state index contributed by atoms with van der Waals surface area (Å²) in [6, 6.07) is 0. The van der Waals surface area contributed by atoms with Gasteiger partial charge < -0.3 is 3.96 Å². The molecule has 0 aromatic carbocycles. The second-order valence-corrected chi connectivity index (χ2v) is 4.29. The highest BCUT2D eigenvalue weighted by Gasteiger charge is 2.02. The van der Waals surface area contributed by atoms with Crippen molar-refractivity contribution >= 4 is 11.5 Å². The van der Waals surface area contributed by atoms with Gasteiger partial charge >= 0.3 is 0 Å². The Kier molecular flexibility index (Phi) is 3.89. The van der Waals surface area contributed by atoms with Crippen molar-refractivity contribution in [2.45, 2.75) is 13.3 Å². The van der Waals surface area contributed by atoms with E-state index in [0.717, 1.165) is 12.0 Å². The van der Waals surface area contributed by atoms with Crippen molar-refractivity contribution in [3.63, 3.8) is 0 Å². The summed E-state index contributed by atoms with van der Waals surface area (Å²) in [6.45, 7) is 5.34. The summed E-state index contributed by atoms with van der Waals surface area (Å²) in [7, 11) is 1.98. The van der Waals surface area contributed by atoms with Gasteiger partial charge in [0.1, 0.15) is 5.83 Å². The Morgan fingerprint density at radius 3 is 2.79 bits per heavy atom. The standard InChI is InChI=1S/C11H14FNS/c1-4-9(6-10(12)5-2)7-11-8-13(3)14-11/h4-6,8H,1,7H2,2-3H3/b9-6+,10-5+. The van der Waals surface area contributed by atoms with Crippen molar-refractivity contribution in [3.8, 4) is 0 Å². The van der Waals surface area contributed by atoms with Gasteiger partial charge in [-0.25, -0.2) is 4.39 Å². The highest BCUT2D eigenvalue weighted by Crippen LogP contribution is 2.18. The molecule has 0 unspecified atom stereocenters. The van der Waals surface area contributed by atoms with E-state index in [1.54, 1.807) is 24.5 Å². The molecule has 0 aliphatic rings. The number of allylic oxidation sites excluding steroid dienone is 5. The average Bonchev–Trinajstić information content (AvgIpc) is 2.13. The van der Waals surface area contributed by atoms with E-state index in [-0.39, 0.29) is 5.83 Å². The van der Waals surface area contributed by atoms with Crippen molar-refractivity contribution in [1.82, 2.24) is 3.96 Å². The molecule has 76 valence electrons. The summed E-state index contributed by atoms with van der Waals surface area (Å²) in [5, 5.41) is 0. The second-order valence-electron chi connectivity index (χ2n) is 3.01. The molecule has 0 aliphatic carbocycles. The first-order valence-electron chi connectivity index (χ1n) is 4.42. The zero-order chi connectivity index (χ0) is 10.6. The minimum Gasteiger partial charge on any atom is -0.307 e. The molecule has 0 saturated carbocycles. The van der Waals surface area contributed by atoms with Crippen LogP contribution in [0.5, 0.6) is 0 Å². The lowest BCUT2D eigenvalue weighted by molar-refractivity contribution is 0.663. The van der Waals surface area contributed by atoms with Crippen LogP contribution in [0.15, 0.2) is 42.4 Å². The molecule has 1 heterocycles. The molecule has 1 nitrogen and oxygen atoms in total. The number of rotatable bonds is 4. The maximum Gasteiger partial charge on any atom is 0.119 e. The van der Waals surface area contributed by atoms with Crippen LogP contribution in [0.25, 0.3) is 0 Å². The molecule has 0 amide bonds. The molecule has 1 rings (SSSR count). The lowest BCUT2D eigenvalue weighted by Gasteiger charge is -2.08. The van der Waals surface area contributed by atoms with E-state index in [9.17, 15) is 4.39 Å². The Hall–Kier alpha value is -1.09. The van der Waals surface area contributed by atoms with Crippen molar-refractivity contribution in [2.75, 3.05) is 0 Å². The Balaban J connectivity index is 2.66. The normalized spacial score (nSPS) is 13.4. The third-order valence-electron chi connectivity index (χ3n) is 1.83. The fourth-order valence-electron chi connectivity index (χ4n) is 1.11. The first kappa shape index (κ1) is 11.0. The monoisotopic (exact) mass is 211 g/mol. The summed E-state index contributed by atoms with van der Waals surface area (Å²) >= 11 is 1.67. The minimum atomic E-state index is -0.210. The molecule has 0 radical (unpaired) electrons. The molecule has 1 aromatic heterocycles. The third-order valence-corrected chi connectivity index (χ3v) is 2.70. The van der Waals surface area contributed by atoms with Crippen LogP contribution in [0.1, 0.15) is 11.8 Å². The first-order chi connectivity index (χ1) is 6.65. The topological polar surface area (TPSA) is 4.93 Å². The van der Waals surface area contributed by atoms with Gasteiger partial charge in [0.05, 0.1) is 0 Å². The molecule has 0 fully saturated rings. The summed E-state index contributed by atoms with van der Waals surface area (Å²) in [6.07, 6.45) is 7.46. The lowest BCUT2D eigenvalue weighted by Crippen LogP contribution is -1.96. The molecular formula is C11H14FNS. The van der Waals surface area contributed by atoms with Crippen molar-refractivity contribution in [3.05, 3.63) is 47.3 Å². The van der Waals surface area contributed by atoms with E-state index in [2.05, 4.69) is 6.58 Å². The third kappa shape index (κ3) is 3.00. The van der Waals surface area contributed by atoms with Crippen molar-refractivity contribution in [2.24, 2.45) is 7.05 Å². The van der Waals surface area contributed by atoms with Crippen LogP contribution in [0.3, 0.4) is 0 Å². The Morgan fingerprint density at radius 1 is 1.71 bits per heavy atom.